The van der Waals surface area contributed by atoms with Gasteiger partial charge in [0.25, 0.3) is 0 Å². The molecule has 2 heterocycles. The Morgan fingerprint density at radius 2 is 2.39 bits per heavy atom. The van der Waals surface area contributed by atoms with Crippen LogP contribution in [-0.4, -0.2) is 66.3 Å². The Morgan fingerprint density at radius 3 is 3.00 bits per heavy atom. The molecule has 0 aromatic carbocycles. The van der Waals surface area contributed by atoms with Gasteiger partial charge in [0.2, 0.25) is 0 Å². The predicted octanol–water partition coefficient (Wildman–Crippen LogP) is 0.495. The molecule has 104 valence electrons. The van der Waals surface area contributed by atoms with Gasteiger partial charge in [-0.3, -0.25) is 0 Å². The number of β-amino-alcohol motifs (C(OH)–C–C–N with tert-alkyl or cyclic N) is 1. The first-order valence-corrected chi connectivity index (χ1v) is 6.93. The number of nitrogens with zero attached hydrogens (tertiary/aromatic N) is 2. The summed E-state index contributed by atoms with van der Waals surface area (Å²) in [7, 11) is 1.79. The molecular weight excluding hydrogens is 230 g/mol. The van der Waals surface area contributed by atoms with E-state index >= 15 is 0 Å². The molecule has 2 fully saturated rings. The Hall–Kier alpha value is -0.810. The van der Waals surface area contributed by atoms with Crippen molar-refractivity contribution < 1.29 is 9.90 Å². The summed E-state index contributed by atoms with van der Waals surface area (Å²) in [6, 6.07) is 0.0573. The normalized spacial score (nSPS) is 32.6. The zero-order valence-electron chi connectivity index (χ0n) is 11.5. The van der Waals surface area contributed by atoms with Crippen LogP contribution < -0.4 is 5.32 Å². The molecule has 2 rings (SSSR count). The van der Waals surface area contributed by atoms with Crippen LogP contribution in [0.1, 0.15) is 26.2 Å². The number of carbonyl (C=O) groups excluding carboxylic acids is 1. The number of urea groups is 1. The second-order valence-electron chi connectivity index (χ2n) is 5.98. The summed E-state index contributed by atoms with van der Waals surface area (Å²) in [5, 5.41) is 13.4. The van der Waals surface area contributed by atoms with Crippen molar-refractivity contribution in [2.75, 3.05) is 39.8 Å². The van der Waals surface area contributed by atoms with E-state index in [4.69, 9.17) is 0 Å². The van der Waals surface area contributed by atoms with Crippen LogP contribution in [0, 0.1) is 5.92 Å². The first-order valence-electron chi connectivity index (χ1n) is 6.93. The Kier molecular flexibility index (Phi) is 4.12. The number of piperidine rings is 1. The molecule has 5 heteroatoms. The highest BCUT2D eigenvalue weighted by molar-refractivity contribution is 5.74. The molecule has 2 atom stereocenters. The van der Waals surface area contributed by atoms with Crippen LogP contribution in [0.4, 0.5) is 4.79 Å². The van der Waals surface area contributed by atoms with Gasteiger partial charge in [0.05, 0.1) is 12.1 Å². The molecule has 0 aromatic rings. The summed E-state index contributed by atoms with van der Waals surface area (Å²) in [6.45, 7) is 5.72. The molecule has 0 aromatic heterocycles. The SMILES string of the molecule is CC1CCCN(C(=O)N(C)CC2(O)CCNC2)C1. The Labute approximate surface area is 109 Å². The average Bonchev–Trinajstić information content (AvgIpc) is 2.74. The number of likely N-dealkylation sites (tertiary alicyclic amines) is 1. The zero-order valence-corrected chi connectivity index (χ0v) is 11.5. The Morgan fingerprint density at radius 1 is 1.61 bits per heavy atom. The van der Waals surface area contributed by atoms with Crippen LogP contribution in [0.15, 0.2) is 0 Å². The second kappa shape index (κ2) is 5.45. The lowest BCUT2D eigenvalue weighted by atomic mass is 10.0. The lowest BCUT2D eigenvalue weighted by Gasteiger charge is -2.36. The van der Waals surface area contributed by atoms with Crippen molar-refractivity contribution in [2.24, 2.45) is 5.92 Å². The Bertz CT molecular complexity index is 303. The molecule has 18 heavy (non-hydrogen) atoms. The minimum absolute atomic E-state index is 0.0573. The number of carbonyl (C=O) groups is 1. The van der Waals surface area contributed by atoms with E-state index in [1.165, 1.54) is 6.42 Å². The highest BCUT2D eigenvalue weighted by atomic mass is 16.3. The van der Waals surface area contributed by atoms with Crippen LogP contribution in [-0.2, 0) is 0 Å². The highest BCUT2D eigenvalue weighted by Crippen LogP contribution is 2.19. The predicted molar refractivity (Wildman–Crippen MR) is 70.4 cm³/mol. The second-order valence-corrected chi connectivity index (χ2v) is 5.98. The van der Waals surface area contributed by atoms with E-state index in [1.54, 1.807) is 11.9 Å². The molecule has 0 saturated carbocycles. The lowest BCUT2D eigenvalue weighted by molar-refractivity contribution is 0.0301. The standard InChI is InChI=1S/C13H25N3O2/c1-11-4-3-7-16(8-11)12(17)15(2)10-13(18)5-6-14-9-13/h11,14,18H,3-10H2,1-2H3. The lowest BCUT2D eigenvalue weighted by Crippen LogP contribution is -2.51. The quantitative estimate of drug-likeness (QED) is 0.755. The van der Waals surface area contributed by atoms with E-state index in [1.807, 2.05) is 4.90 Å². The van der Waals surface area contributed by atoms with Crippen LogP contribution in [0.5, 0.6) is 0 Å². The van der Waals surface area contributed by atoms with Gasteiger partial charge in [-0.1, -0.05) is 6.92 Å². The van der Waals surface area contributed by atoms with Crippen LogP contribution >= 0.6 is 0 Å². The third-order valence-electron chi connectivity index (χ3n) is 4.01. The van der Waals surface area contributed by atoms with Gasteiger partial charge < -0.3 is 20.2 Å². The van der Waals surface area contributed by atoms with Gasteiger partial charge in [0, 0.05) is 26.7 Å². The van der Waals surface area contributed by atoms with Gasteiger partial charge >= 0.3 is 6.03 Å². The molecular formula is C13H25N3O2. The van der Waals surface area contributed by atoms with Crippen LogP contribution in [0.25, 0.3) is 0 Å². The van der Waals surface area contributed by atoms with Crippen molar-refractivity contribution in [2.45, 2.75) is 31.8 Å². The van der Waals surface area contributed by atoms with Crippen molar-refractivity contribution in [3.8, 4) is 0 Å². The van der Waals surface area contributed by atoms with Crippen molar-refractivity contribution >= 4 is 6.03 Å². The Balaban J connectivity index is 1.87. The minimum atomic E-state index is -0.744. The fourth-order valence-corrected chi connectivity index (χ4v) is 2.98. The van der Waals surface area contributed by atoms with Gasteiger partial charge in [0.1, 0.15) is 0 Å². The molecule has 2 saturated heterocycles. The molecule has 2 amide bonds. The largest absolute Gasteiger partial charge is 0.387 e. The molecule has 0 radical (unpaired) electrons. The topological polar surface area (TPSA) is 55.8 Å². The van der Waals surface area contributed by atoms with E-state index in [0.717, 1.165) is 32.5 Å². The fourth-order valence-electron chi connectivity index (χ4n) is 2.98. The van der Waals surface area contributed by atoms with E-state index in [2.05, 4.69) is 12.2 Å². The minimum Gasteiger partial charge on any atom is -0.387 e. The summed E-state index contributed by atoms with van der Waals surface area (Å²) in [5.74, 6) is 0.590. The van der Waals surface area contributed by atoms with Gasteiger partial charge in [-0.25, -0.2) is 4.79 Å². The van der Waals surface area contributed by atoms with Gasteiger partial charge in [0.15, 0.2) is 0 Å². The zero-order chi connectivity index (χ0) is 13.2. The summed E-state index contributed by atoms with van der Waals surface area (Å²) in [4.78, 5) is 15.9. The molecule has 2 aliphatic rings. The fraction of sp³-hybridized carbons (Fsp3) is 0.923. The molecule has 0 bridgehead atoms. The summed E-state index contributed by atoms with van der Waals surface area (Å²) >= 11 is 0. The molecule has 0 spiro atoms. The smallest absolute Gasteiger partial charge is 0.319 e. The van der Waals surface area contributed by atoms with E-state index < -0.39 is 5.60 Å². The third kappa shape index (κ3) is 3.14. The summed E-state index contributed by atoms with van der Waals surface area (Å²) in [6.07, 6.45) is 3.02. The molecule has 2 N–H and O–H groups in total. The number of amides is 2. The number of likely N-dealkylation sites (N-methyl/N-ethyl adjacent to an activating group) is 1. The van der Waals surface area contributed by atoms with Crippen LogP contribution in [0.3, 0.4) is 0 Å². The molecule has 5 nitrogen and oxygen atoms in total. The van der Waals surface area contributed by atoms with E-state index in [0.29, 0.717) is 19.0 Å². The maximum absolute atomic E-state index is 12.3. The third-order valence-corrected chi connectivity index (χ3v) is 4.01. The van der Waals surface area contributed by atoms with Crippen molar-refractivity contribution in [1.82, 2.24) is 15.1 Å². The number of aliphatic hydroxyl groups is 1. The van der Waals surface area contributed by atoms with Crippen molar-refractivity contribution in [1.29, 1.82) is 0 Å². The number of nitrogens with one attached hydrogen (secondary N) is 1. The maximum atomic E-state index is 12.3. The molecule has 2 aliphatic heterocycles. The van der Waals surface area contributed by atoms with Gasteiger partial charge in [-0.15, -0.1) is 0 Å². The maximum Gasteiger partial charge on any atom is 0.319 e. The first-order chi connectivity index (χ1) is 8.50. The first kappa shape index (κ1) is 13.6. The monoisotopic (exact) mass is 255 g/mol. The van der Waals surface area contributed by atoms with Gasteiger partial charge in [-0.2, -0.15) is 0 Å². The average molecular weight is 255 g/mol. The number of rotatable bonds is 2. The number of hydrogen-bond acceptors (Lipinski definition) is 3. The molecule has 2 unspecified atom stereocenters. The van der Waals surface area contributed by atoms with Crippen LogP contribution in [0.2, 0.25) is 0 Å². The number of hydrogen-bond donors (Lipinski definition) is 2. The van der Waals surface area contributed by atoms with E-state index in [9.17, 15) is 9.90 Å². The van der Waals surface area contributed by atoms with Crippen molar-refractivity contribution in [3.05, 3.63) is 0 Å². The molecule has 0 aliphatic carbocycles. The highest BCUT2D eigenvalue weighted by Gasteiger charge is 2.34. The van der Waals surface area contributed by atoms with Gasteiger partial charge in [-0.05, 0) is 31.7 Å². The van der Waals surface area contributed by atoms with Crippen molar-refractivity contribution in [3.63, 3.8) is 0 Å². The summed E-state index contributed by atoms with van der Waals surface area (Å²) in [5.41, 5.74) is -0.744. The summed E-state index contributed by atoms with van der Waals surface area (Å²) < 4.78 is 0. The van der Waals surface area contributed by atoms with E-state index in [-0.39, 0.29) is 6.03 Å².